The van der Waals surface area contributed by atoms with Crippen LogP contribution in [0.4, 0.5) is 0 Å². The lowest BCUT2D eigenvalue weighted by Gasteiger charge is -2.18. The highest BCUT2D eigenvalue weighted by atomic mass is 16.7. The first-order chi connectivity index (χ1) is 12.7. The number of nitrogens with zero attached hydrogens (tertiary/aromatic N) is 2. The van der Waals surface area contributed by atoms with Crippen molar-refractivity contribution in [1.29, 1.82) is 5.41 Å². The Morgan fingerprint density at radius 2 is 2.00 bits per heavy atom. The smallest absolute Gasteiger partial charge is 0.231 e. The molecule has 3 aromatic rings. The largest absolute Gasteiger partial charge is 0.510 e. The maximum absolute atomic E-state index is 10.4. The monoisotopic (exact) mass is 348 g/mol. The first-order valence-corrected chi connectivity index (χ1v) is 8.28. The van der Waals surface area contributed by atoms with E-state index in [9.17, 15) is 5.11 Å². The summed E-state index contributed by atoms with van der Waals surface area (Å²) in [7, 11) is 0. The van der Waals surface area contributed by atoms with Crippen LogP contribution in [0.25, 0.3) is 16.6 Å². The number of fused-ring (bicyclic) bond motifs is 2. The molecule has 0 atom stereocenters. The van der Waals surface area contributed by atoms with Crippen LogP contribution >= 0.6 is 0 Å². The molecule has 0 spiro atoms. The SMILES string of the molecule is N=C1C(c2nc3ccccc3[nH]2)=C(O)CN1Cc1ccc2c(c1)OCO2. The van der Waals surface area contributed by atoms with Gasteiger partial charge in [-0.05, 0) is 29.8 Å². The van der Waals surface area contributed by atoms with Crippen LogP contribution in [0.2, 0.25) is 0 Å². The number of aliphatic hydroxyl groups excluding tert-OH is 1. The lowest BCUT2D eigenvalue weighted by atomic mass is 10.2. The lowest BCUT2D eigenvalue weighted by Crippen LogP contribution is -2.26. The van der Waals surface area contributed by atoms with Gasteiger partial charge in [0.05, 0.1) is 23.2 Å². The van der Waals surface area contributed by atoms with Crippen LogP contribution < -0.4 is 9.47 Å². The standard InChI is InChI=1S/C19H16N4O3/c20-18-17(19-21-12-3-1-2-4-13(12)22-19)14(24)9-23(18)8-11-5-6-15-16(7-11)26-10-25-15/h1-7,20,24H,8-10H2,(H,21,22). The minimum absolute atomic E-state index is 0.148. The zero-order valence-corrected chi connectivity index (χ0v) is 13.8. The fraction of sp³-hybridized carbons (Fsp3) is 0.158. The molecule has 0 aliphatic carbocycles. The van der Waals surface area contributed by atoms with Crippen molar-refractivity contribution in [3.63, 3.8) is 0 Å². The normalized spacial score (nSPS) is 16.2. The Bertz CT molecular complexity index is 1040. The number of aliphatic hydroxyl groups is 1. The topological polar surface area (TPSA) is 94.5 Å². The summed E-state index contributed by atoms with van der Waals surface area (Å²) in [6.45, 7) is 1.000. The number of ether oxygens (including phenoxy) is 2. The third kappa shape index (κ3) is 2.28. The number of para-hydroxylation sites is 2. The molecule has 1 aromatic heterocycles. The second-order valence-electron chi connectivity index (χ2n) is 6.32. The number of aromatic amines is 1. The number of amidine groups is 1. The molecule has 2 aliphatic heterocycles. The molecule has 3 N–H and O–H groups in total. The first kappa shape index (κ1) is 14.8. The molecule has 0 bridgehead atoms. The molecule has 130 valence electrons. The molecule has 7 nitrogen and oxygen atoms in total. The highest BCUT2D eigenvalue weighted by Crippen LogP contribution is 2.34. The van der Waals surface area contributed by atoms with E-state index in [1.54, 1.807) is 4.90 Å². The van der Waals surface area contributed by atoms with E-state index in [1.165, 1.54) is 0 Å². The molecule has 2 aromatic carbocycles. The van der Waals surface area contributed by atoms with Gasteiger partial charge in [-0.3, -0.25) is 5.41 Å². The van der Waals surface area contributed by atoms with Crippen molar-refractivity contribution < 1.29 is 14.6 Å². The number of nitrogens with one attached hydrogen (secondary N) is 2. The van der Waals surface area contributed by atoms with E-state index in [0.29, 0.717) is 23.7 Å². The van der Waals surface area contributed by atoms with Crippen molar-refractivity contribution in [2.45, 2.75) is 6.54 Å². The summed E-state index contributed by atoms with van der Waals surface area (Å²) in [5.41, 5.74) is 3.12. The van der Waals surface area contributed by atoms with E-state index in [-0.39, 0.29) is 24.9 Å². The maximum Gasteiger partial charge on any atom is 0.231 e. The van der Waals surface area contributed by atoms with Crippen molar-refractivity contribution in [1.82, 2.24) is 14.9 Å². The van der Waals surface area contributed by atoms with Gasteiger partial charge in [-0.15, -0.1) is 0 Å². The third-order valence-corrected chi connectivity index (χ3v) is 4.62. The molecule has 0 fully saturated rings. The van der Waals surface area contributed by atoms with Crippen LogP contribution in [0, 0.1) is 5.41 Å². The van der Waals surface area contributed by atoms with Crippen LogP contribution in [0.1, 0.15) is 11.4 Å². The van der Waals surface area contributed by atoms with Crippen LogP contribution in [-0.2, 0) is 6.54 Å². The molecule has 0 radical (unpaired) electrons. The van der Waals surface area contributed by atoms with Gasteiger partial charge >= 0.3 is 0 Å². The summed E-state index contributed by atoms with van der Waals surface area (Å²) < 4.78 is 10.7. The Morgan fingerprint density at radius 1 is 1.15 bits per heavy atom. The maximum atomic E-state index is 10.4. The summed E-state index contributed by atoms with van der Waals surface area (Å²) >= 11 is 0. The van der Waals surface area contributed by atoms with Crippen LogP contribution in [0.5, 0.6) is 11.5 Å². The highest BCUT2D eigenvalue weighted by Gasteiger charge is 2.30. The zero-order valence-electron chi connectivity index (χ0n) is 13.8. The molecular formula is C19H16N4O3. The van der Waals surface area contributed by atoms with Gasteiger partial charge in [-0.25, -0.2) is 4.98 Å². The third-order valence-electron chi connectivity index (χ3n) is 4.62. The number of imidazole rings is 1. The van der Waals surface area contributed by atoms with Crippen LogP contribution in [0.15, 0.2) is 48.2 Å². The molecular weight excluding hydrogens is 332 g/mol. The second-order valence-corrected chi connectivity index (χ2v) is 6.32. The molecule has 0 saturated heterocycles. The summed E-state index contributed by atoms with van der Waals surface area (Å²) in [6.07, 6.45) is 0. The summed E-state index contributed by atoms with van der Waals surface area (Å²) in [6, 6.07) is 13.4. The van der Waals surface area contributed by atoms with Crippen molar-refractivity contribution >= 4 is 22.4 Å². The molecule has 0 saturated carbocycles. The van der Waals surface area contributed by atoms with Gasteiger partial charge in [0.15, 0.2) is 11.5 Å². The molecule has 3 heterocycles. The van der Waals surface area contributed by atoms with Gasteiger partial charge in [-0.2, -0.15) is 0 Å². The molecule has 26 heavy (non-hydrogen) atoms. The Kier molecular flexibility index (Phi) is 3.15. The Morgan fingerprint density at radius 3 is 2.88 bits per heavy atom. The molecule has 2 aliphatic rings. The van der Waals surface area contributed by atoms with E-state index < -0.39 is 0 Å². The molecule has 0 amide bonds. The zero-order chi connectivity index (χ0) is 17.7. The van der Waals surface area contributed by atoms with Gasteiger partial charge in [0.1, 0.15) is 17.4 Å². The van der Waals surface area contributed by atoms with E-state index in [4.69, 9.17) is 14.9 Å². The highest BCUT2D eigenvalue weighted by molar-refractivity contribution is 6.23. The molecule has 5 rings (SSSR count). The van der Waals surface area contributed by atoms with Gasteiger partial charge in [0.25, 0.3) is 0 Å². The Labute approximate surface area is 149 Å². The van der Waals surface area contributed by atoms with Gasteiger partial charge in [0, 0.05) is 6.54 Å². The first-order valence-electron chi connectivity index (χ1n) is 8.28. The summed E-state index contributed by atoms with van der Waals surface area (Å²) in [5, 5.41) is 18.9. The average molecular weight is 348 g/mol. The number of H-pyrrole nitrogens is 1. The van der Waals surface area contributed by atoms with Gasteiger partial charge < -0.3 is 24.5 Å². The number of aromatic nitrogens is 2. The minimum Gasteiger partial charge on any atom is -0.510 e. The number of benzene rings is 2. The Hall–Kier alpha value is -3.48. The quantitative estimate of drug-likeness (QED) is 0.676. The minimum atomic E-state index is 0.148. The number of rotatable bonds is 3. The van der Waals surface area contributed by atoms with E-state index in [2.05, 4.69) is 9.97 Å². The number of hydrogen-bond donors (Lipinski definition) is 3. The lowest BCUT2D eigenvalue weighted by molar-refractivity contribution is 0.174. The predicted octanol–water partition coefficient (Wildman–Crippen LogP) is 3.05. The number of hydrogen-bond acceptors (Lipinski definition) is 5. The summed E-state index contributed by atoms with van der Waals surface area (Å²) in [5.74, 6) is 2.35. The van der Waals surface area contributed by atoms with E-state index >= 15 is 0 Å². The molecule has 0 unspecified atom stereocenters. The average Bonchev–Trinajstić information content (AvgIpc) is 3.32. The van der Waals surface area contributed by atoms with Crippen LogP contribution in [0.3, 0.4) is 0 Å². The van der Waals surface area contributed by atoms with Crippen LogP contribution in [-0.4, -0.2) is 39.1 Å². The van der Waals surface area contributed by atoms with Crippen molar-refractivity contribution in [2.24, 2.45) is 0 Å². The van der Waals surface area contributed by atoms with E-state index in [1.807, 2.05) is 42.5 Å². The fourth-order valence-corrected chi connectivity index (χ4v) is 3.35. The van der Waals surface area contributed by atoms with Crippen molar-refractivity contribution in [3.8, 4) is 11.5 Å². The summed E-state index contributed by atoms with van der Waals surface area (Å²) in [4.78, 5) is 9.49. The van der Waals surface area contributed by atoms with Gasteiger partial charge in [-0.1, -0.05) is 18.2 Å². The van der Waals surface area contributed by atoms with Gasteiger partial charge in [0.2, 0.25) is 6.79 Å². The van der Waals surface area contributed by atoms with E-state index in [0.717, 1.165) is 22.3 Å². The fourth-order valence-electron chi connectivity index (χ4n) is 3.35. The van der Waals surface area contributed by atoms with Crippen molar-refractivity contribution in [3.05, 3.63) is 59.6 Å². The second kappa shape index (κ2) is 5.52. The van der Waals surface area contributed by atoms with Crippen molar-refractivity contribution in [2.75, 3.05) is 13.3 Å². The Balaban J connectivity index is 1.41. The predicted molar refractivity (Wildman–Crippen MR) is 96.3 cm³/mol. The molecule has 7 heteroatoms.